The summed E-state index contributed by atoms with van der Waals surface area (Å²) >= 11 is 0. The molecule has 2 aliphatic rings. The number of piperazine rings is 1. The van der Waals surface area contributed by atoms with E-state index in [9.17, 15) is 4.79 Å². The first kappa shape index (κ1) is 24.2. The van der Waals surface area contributed by atoms with E-state index < -0.39 is 0 Å². The number of pyridine rings is 1. The summed E-state index contributed by atoms with van der Waals surface area (Å²) in [5.74, 6) is 2.45. The van der Waals surface area contributed by atoms with Crippen LogP contribution in [0.3, 0.4) is 0 Å². The van der Waals surface area contributed by atoms with Crippen molar-refractivity contribution in [2.75, 3.05) is 36.0 Å². The maximum absolute atomic E-state index is 12.5. The van der Waals surface area contributed by atoms with Crippen molar-refractivity contribution in [3.8, 4) is 11.8 Å². The highest BCUT2D eigenvalue weighted by Crippen LogP contribution is 2.32. The van der Waals surface area contributed by atoms with Crippen LogP contribution in [0.1, 0.15) is 36.1 Å². The zero-order valence-electron chi connectivity index (χ0n) is 21.8. The molecule has 0 radical (unpaired) electrons. The van der Waals surface area contributed by atoms with Crippen LogP contribution in [0, 0.1) is 11.3 Å². The number of para-hydroxylation sites is 1. The van der Waals surface area contributed by atoms with E-state index in [1.54, 1.807) is 12.3 Å². The number of ether oxygens (including phenoxy) is 1. The van der Waals surface area contributed by atoms with Crippen molar-refractivity contribution in [3.05, 3.63) is 81.9 Å². The number of nitriles is 1. The fraction of sp³-hybridized carbons (Fsp3) is 0.300. The highest BCUT2D eigenvalue weighted by atomic mass is 16.5. The molecule has 0 unspecified atom stereocenters. The Morgan fingerprint density at radius 2 is 1.88 bits per heavy atom. The highest BCUT2D eigenvalue weighted by molar-refractivity contribution is 5.92. The molecule has 3 aromatic heterocycles. The molecule has 0 amide bonds. The van der Waals surface area contributed by atoms with Crippen molar-refractivity contribution in [3.63, 3.8) is 0 Å². The van der Waals surface area contributed by atoms with Gasteiger partial charge in [-0.05, 0) is 55.7 Å². The summed E-state index contributed by atoms with van der Waals surface area (Å²) in [5, 5.41) is 22.9. The summed E-state index contributed by atoms with van der Waals surface area (Å²) in [6, 6.07) is 17.5. The molecule has 0 bridgehead atoms. The molecule has 1 N–H and O–H groups in total. The van der Waals surface area contributed by atoms with Crippen molar-refractivity contribution in [1.29, 1.82) is 5.26 Å². The summed E-state index contributed by atoms with van der Waals surface area (Å²) in [7, 11) is 0. The van der Waals surface area contributed by atoms with Crippen molar-refractivity contribution in [2.45, 2.75) is 31.8 Å². The maximum Gasteiger partial charge on any atom is 0.272 e. The average Bonchev–Trinajstić information content (AvgIpc) is 3.42. The quantitative estimate of drug-likeness (QED) is 0.342. The van der Waals surface area contributed by atoms with E-state index in [1.807, 2.05) is 42.5 Å². The lowest BCUT2D eigenvalue weighted by atomic mass is 9.96. The second kappa shape index (κ2) is 10.0. The number of anilines is 2. The topological polar surface area (TPSA) is 124 Å². The molecule has 7 rings (SSSR count). The standard InChI is InChI=1S/C30H27N7O3/c31-17-19-7-10-27(32-18-19)36-11-13-37(14-12-36)29-24-6-1-3-20(28(24)40-35-29)15-26-25-16-22(39-21-4-2-5-21)8-9-23(25)30(38)34-33-26/h1,3,6-10,16,18,21H,2,4-5,11-15H2,(H,34,38). The minimum atomic E-state index is -0.218. The number of hydrogen-bond acceptors (Lipinski definition) is 9. The minimum Gasteiger partial charge on any atom is -0.490 e. The summed E-state index contributed by atoms with van der Waals surface area (Å²) in [6.45, 7) is 3.10. The van der Waals surface area contributed by atoms with Crippen molar-refractivity contribution in [2.24, 2.45) is 0 Å². The van der Waals surface area contributed by atoms with Crippen LogP contribution in [0.4, 0.5) is 11.6 Å². The van der Waals surface area contributed by atoms with Gasteiger partial charge in [0.2, 0.25) is 0 Å². The van der Waals surface area contributed by atoms with Crippen LogP contribution in [-0.4, -0.2) is 52.6 Å². The van der Waals surface area contributed by atoms with E-state index in [4.69, 9.17) is 14.5 Å². The van der Waals surface area contributed by atoms with Gasteiger partial charge in [-0.3, -0.25) is 4.79 Å². The Bertz CT molecular complexity index is 1790. The second-order valence-corrected chi connectivity index (χ2v) is 10.3. The number of nitrogens with zero attached hydrogens (tertiary/aromatic N) is 6. The lowest BCUT2D eigenvalue weighted by molar-refractivity contribution is 0.120. The van der Waals surface area contributed by atoms with E-state index >= 15 is 0 Å². The molecule has 10 nitrogen and oxygen atoms in total. The van der Waals surface area contributed by atoms with E-state index in [-0.39, 0.29) is 11.7 Å². The number of aromatic nitrogens is 4. The zero-order valence-corrected chi connectivity index (χ0v) is 21.8. The van der Waals surface area contributed by atoms with Gasteiger partial charge in [-0.1, -0.05) is 17.3 Å². The monoisotopic (exact) mass is 533 g/mol. The molecular formula is C30H27N7O3. The summed E-state index contributed by atoms with van der Waals surface area (Å²) < 4.78 is 12.0. The second-order valence-electron chi connectivity index (χ2n) is 10.3. The number of aromatic amines is 1. The lowest BCUT2D eigenvalue weighted by Gasteiger charge is -2.35. The van der Waals surface area contributed by atoms with Crippen molar-refractivity contribution >= 4 is 33.4 Å². The molecule has 5 aromatic rings. The average molecular weight is 534 g/mol. The van der Waals surface area contributed by atoms with Crippen LogP contribution >= 0.6 is 0 Å². The third kappa shape index (κ3) is 4.39. The number of nitrogens with one attached hydrogen (secondary N) is 1. The van der Waals surface area contributed by atoms with Crippen molar-refractivity contribution in [1.82, 2.24) is 20.3 Å². The Morgan fingerprint density at radius 3 is 2.62 bits per heavy atom. The molecule has 1 saturated carbocycles. The molecule has 0 spiro atoms. The van der Waals surface area contributed by atoms with Gasteiger partial charge in [0, 0.05) is 49.7 Å². The molecule has 200 valence electrons. The van der Waals surface area contributed by atoms with Gasteiger partial charge < -0.3 is 19.1 Å². The SMILES string of the molecule is N#Cc1ccc(N2CCN(c3noc4c(Cc5n[nH]c(=O)c6ccc(OC7CCC7)cc56)cccc34)CC2)nc1. The zero-order chi connectivity index (χ0) is 27.1. The van der Waals surface area contributed by atoms with Gasteiger partial charge in [-0.25, -0.2) is 10.1 Å². The van der Waals surface area contributed by atoms with Crippen LogP contribution in [0.5, 0.6) is 5.75 Å². The highest BCUT2D eigenvalue weighted by Gasteiger charge is 2.24. The Labute approximate surface area is 229 Å². The number of H-pyrrole nitrogens is 1. The van der Waals surface area contributed by atoms with Crippen LogP contribution in [0.2, 0.25) is 0 Å². The van der Waals surface area contributed by atoms with Gasteiger partial charge in [0.05, 0.1) is 28.1 Å². The molecule has 4 heterocycles. The molecular weight excluding hydrogens is 506 g/mol. The number of fused-ring (bicyclic) bond motifs is 2. The van der Waals surface area contributed by atoms with E-state index in [0.29, 0.717) is 17.4 Å². The first-order valence-electron chi connectivity index (χ1n) is 13.6. The lowest BCUT2D eigenvalue weighted by Crippen LogP contribution is -2.47. The molecule has 1 aliphatic carbocycles. The maximum atomic E-state index is 12.5. The molecule has 1 aliphatic heterocycles. The van der Waals surface area contributed by atoms with Crippen molar-refractivity contribution < 1.29 is 9.26 Å². The van der Waals surface area contributed by atoms with E-state index in [2.05, 4.69) is 36.2 Å². The minimum absolute atomic E-state index is 0.218. The van der Waals surface area contributed by atoms with Crippen LogP contribution in [0.25, 0.3) is 21.7 Å². The normalized spacial score (nSPS) is 15.8. The Balaban J connectivity index is 1.14. The van der Waals surface area contributed by atoms with Crippen LogP contribution < -0.4 is 20.1 Å². The molecule has 40 heavy (non-hydrogen) atoms. The molecule has 2 aromatic carbocycles. The smallest absolute Gasteiger partial charge is 0.272 e. The molecule has 1 saturated heterocycles. The predicted molar refractivity (Wildman–Crippen MR) is 151 cm³/mol. The van der Waals surface area contributed by atoms with Gasteiger partial charge >= 0.3 is 0 Å². The van der Waals surface area contributed by atoms with Crippen LogP contribution in [0.15, 0.2) is 64.0 Å². The predicted octanol–water partition coefficient (Wildman–Crippen LogP) is 4.18. The molecule has 0 atom stereocenters. The van der Waals surface area contributed by atoms with Gasteiger partial charge in [0.15, 0.2) is 11.4 Å². The Kier molecular flexibility index (Phi) is 6.04. The first-order valence-corrected chi connectivity index (χ1v) is 13.6. The number of hydrogen-bond donors (Lipinski definition) is 1. The van der Waals surface area contributed by atoms with Gasteiger partial charge in [0.25, 0.3) is 5.56 Å². The van der Waals surface area contributed by atoms with E-state index in [1.165, 1.54) is 6.42 Å². The first-order chi connectivity index (χ1) is 19.7. The Morgan fingerprint density at radius 1 is 1.02 bits per heavy atom. The summed E-state index contributed by atoms with van der Waals surface area (Å²) in [4.78, 5) is 21.4. The summed E-state index contributed by atoms with van der Waals surface area (Å²) in [5.41, 5.74) is 2.76. The fourth-order valence-electron chi connectivity index (χ4n) is 5.43. The van der Waals surface area contributed by atoms with Gasteiger partial charge in [-0.15, -0.1) is 0 Å². The number of rotatable bonds is 6. The van der Waals surface area contributed by atoms with E-state index in [0.717, 1.165) is 84.0 Å². The van der Waals surface area contributed by atoms with Gasteiger partial charge in [-0.2, -0.15) is 10.4 Å². The largest absolute Gasteiger partial charge is 0.490 e. The number of benzene rings is 2. The van der Waals surface area contributed by atoms with Crippen LogP contribution in [-0.2, 0) is 6.42 Å². The third-order valence-corrected chi connectivity index (χ3v) is 7.89. The Hall–Kier alpha value is -4.91. The summed E-state index contributed by atoms with van der Waals surface area (Å²) in [6.07, 6.45) is 5.66. The fourth-order valence-corrected chi connectivity index (χ4v) is 5.43. The molecule has 10 heteroatoms. The molecule has 2 fully saturated rings. The van der Waals surface area contributed by atoms with Gasteiger partial charge in [0.1, 0.15) is 17.6 Å². The third-order valence-electron chi connectivity index (χ3n) is 7.89.